The minimum atomic E-state index is -0.324. The molecule has 22 heavy (non-hydrogen) atoms. The van der Waals surface area contributed by atoms with Gasteiger partial charge in [0.2, 0.25) is 17.7 Å². The molecule has 0 bridgehead atoms. The first-order valence-electron chi connectivity index (χ1n) is 7.78. The van der Waals surface area contributed by atoms with Gasteiger partial charge >= 0.3 is 0 Å². The fraction of sp³-hybridized carbons (Fsp3) is 0.471. The van der Waals surface area contributed by atoms with Gasteiger partial charge in [0.25, 0.3) is 0 Å². The van der Waals surface area contributed by atoms with Crippen molar-refractivity contribution in [2.24, 2.45) is 11.8 Å². The molecule has 1 aliphatic heterocycles. The van der Waals surface area contributed by atoms with Crippen LogP contribution < -0.4 is 5.32 Å². The van der Waals surface area contributed by atoms with Gasteiger partial charge in [-0.2, -0.15) is 0 Å². The number of likely N-dealkylation sites (tertiary alicyclic amines) is 1. The van der Waals surface area contributed by atoms with Crippen LogP contribution >= 0.6 is 0 Å². The van der Waals surface area contributed by atoms with Crippen molar-refractivity contribution < 1.29 is 14.4 Å². The number of hydrogen-bond donors (Lipinski definition) is 1. The minimum Gasteiger partial charge on any atom is -0.324 e. The molecule has 2 aliphatic rings. The highest BCUT2D eigenvalue weighted by atomic mass is 16.2. The van der Waals surface area contributed by atoms with Crippen LogP contribution in [0.2, 0.25) is 0 Å². The molecule has 1 aliphatic carbocycles. The number of fused-ring (bicyclic) bond motifs is 1. The van der Waals surface area contributed by atoms with Crippen molar-refractivity contribution in [1.29, 1.82) is 0 Å². The molecule has 3 amide bonds. The Balaban J connectivity index is 1.68. The molecule has 5 heteroatoms. The summed E-state index contributed by atoms with van der Waals surface area (Å²) in [6.07, 6.45) is 3.52. The molecule has 1 aromatic rings. The monoisotopic (exact) mass is 300 g/mol. The van der Waals surface area contributed by atoms with Crippen LogP contribution in [0.1, 0.15) is 31.2 Å². The van der Waals surface area contributed by atoms with E-state index < -0.39 is 0 Å². The van der Waals surface area contributed by atoms with Gasteiger partial charge in [0.1, 0.15) is 6.54 Å². The summed E-state index contributed by atoms with van der Waals surface area (Å²) in [4.78, 5) is 38.0. The predicted octanol–water partition coefficient (Wildman–Crippen LogP) is 2.11. The maximum absolute atomic E-state index is 12.3. The summed E-state index contributed by atoms with van der Waals surface area (Å²) < 4.78 is 0. The van der Waals surface area contributed by atoms with Crippen molar-refractivity contribution in [1.82, 2.24) is 4.90 Å². The quantitative estimate of drug-likeness (QED) is 0.869. The normalized spacial score (nSPS) is 24.3. The number of amides is 3. The Bertz CT molecular complexity index is 602. The third-order valence-electron chi connectivity index (χ3n) is 4.65. The maximum Gasteiger partial charge on any atom is 0.244 e. The summed E-state index contributed by atoms with van der Waals surface area (Å²) in [6, 6.07) is 7.43. The summed E-state index contributed by atoms with van der Waals surface area (Å²) in [5, 5.41) is 2.77. The Morgan fingerprint density at radius 2 is 1.73 bits per heavy atom. The number of aryl methyl sites for hydroxylation is 1. The van der Waals surface area contributed by atoms with Crippen LogP contribution in [0.15, 0.2) is 24.3 Å². The summed E-state index contributed by atoms with van der Waals surface area (Å²) in [6.45, 7) is 1.72. The zero-order valence-electron chi connectivity index (χ0n) is 12.7. The molecular formula is C17H20N2O3. The van der Waals surface area contributed by atoms with Crippen LogP contribution in [0.25, 0.3) is 0 Å². The van der Waals surface area contributed by atoms with Crippen molar-refractivity contribution in [2.45, 2.75) is 32.6 Å². The lowest BCUT2D eigenvalue weighted by Gasteiger charge is -2.19. The Morgan fingerprint density at radius 3 is 2.32 bits per heavy atom. The maximum atomic E-state index is 12.3. The van der Waals surface area contributed by atoms with Gasteiger partial charge in [-0.25, -0.2) is 0 Å². The van der Waals surface area contributed by atoms with E-state index in [0.29, 0.717) is 5.69 Å². The molecular weight excluding hydrogens is 280 g/mol. The molecule has 1 N–H and O–H groups in total. The average molecular weight is 300 g/mol. The van der Waals surface area contributed by atoms with Gasteiger partial charge in [-0.1, -0.05) is 31.0 Å². The molecule has 3 rings (SSSR count). The van der Waals surface area contributed by atoms with Crippen LogP contribution in [-0.2, 0) is 14.4 Å². The summed E-state index contributed by atoms with van der Waals surface area (Å²) in [7, 11) is 0. The van der Waals surface area contributed by atoms with Crippen molar-refractivity contribution in [3.63, 3.8) is 0 Å². The Morgan fingerprint density at radius 1 is 1.14 bits per heavy atom. The van der Waals surface area contributed by atoms with Gasteiger partial charge < -0.3 is 5.32 Å². The highest BCUT2D eigenvalue weighted by Crippen LogP contribution is 2.37. The summed E-state index contributed by atoms with van der Waals surface area (Å²) >= 11 is 0. The zero-order chi connectivity index (χ0) is 15.7. The SMILES string of the molecule is Cc1ccccc1NC(=O)CN1C(=O)[C@H]2CCCC[C@H]2C1=O. The number of carbonyl (C=O) groups is 3. The van der Waals surface area contributed by atoms with E-state index >= 15 is 0 Å². The van der Waals surface area contributed by atoms with Crippen LogP contribution in [0.4, 0.5) is 5.69 Å². The molecule has 0 radical (unpaired) electrons. The Kier molecular flexibility index (Phi) is 3.96. The first-order valence-corrected chi connectivity index (χ1v) is 7.78. The standard InChI is InChI=1S/C17H20N2O3/c1-11-6-2-5-9-14(11)18-15(20)10-19-16(21)12-7-3-4-8-13(12)17(19)22/h2,5-6,9,12-13H,3-4,7-8,10H2,1H3,(H,18,20)/t12-,13+. The number of nitrogens with zero attached hydrogens (tertiary/aromatic N) is 1. The zero-order valence-corrected chi connectivity index (χ0v) is 12.7. The van der Waals surface area contributed by atoms with Gasteiger partial charge in [0.05, 0.1) is 11.8 Å². The number of hydrogen-bond acceptors (Lipinski definition) is 3. The fourth-order valence-electron chi connectivity index (χ4n) is 3.43. The van der Waals surface area contributed by atoms with Gasteiger partial charge in [-0.15, -0.1) is 0 Å². The van der Waals surface area contributed by atoms with E-state index in [9.17, 15) is 14.4 Å². The van der Waals surface area contributed by atoms with Crippen LogP contribution in [0, 0.1) is 18.8 Å². The Labute approximate surface area is 129 Å². The van der Waals surface area contributed by atoms with Crippen LogP contribution in [0.3, 0.4) is 0 Å². The van der Waals surface area contributed by atoms with E-state index in [1.165, 1.54) is 0 Å². The topological polar surface area (TPSA) is 66.5 Å². The molecule has 5 nitrogen and oxygen atoms in total. The third-order valence-corrected chi connectivity index (χ3v) is 4.65. The second kappa shape index (κ2) is 5.91. The molecule has 1 saturated carbocycles. The van der Waals surface area contributed by atoms with Gasteiger partial charge in [-0.3, -0.25) is 19.3 Å². The lowest BCUT2D eigenvalue weighted by Crippen LogP contribution is -2.38. The number of nitrogens with one attached hydrogen (secondary N) is 1. The van der Waals surface area contributed by atoms with Crippen molar-refractivity contribution in [3.8, 4) is 0 Å². The third kappa shape index (κ3) is 2.63. The number of imide groups is 1. The minimum absolute atomic E-state index is 0.172. The number of para-hydroxylation sites is 1. The average Bonchev–Trinajstić information content (AvgIpc) is 2.75. The van der Waals surface area contributed by atoms with Crippen LogP contribution in [-0.4, -0.2) is 29.2 Å². The molecule has 1 saturated heterocycles. The van der Waals surface area contributed by atoms with E-state index in [1.54, 1.807) is 6.07 Å². The highest BCUT2D eigenvalue weighted by molar-refractivity contribution is 6.08. The van der Waals surface area contributed by atoms with E-state index in [4.69, 9.17) is 0 Å². The number of anilines is 1. The molecule has 1 heterocycles. The lowest BCUT2D eigenvalue weighted by molar-refractivity contribution is -0.142. The fourth-order valence-corrected chi connectivity index (χ4v) is 3.43. The van der Waals surface area contributed by atoms with Gasteiger partial charge in [0.15, 0.2) is 0 Å². The van der Waals surface area contributed by atoms with Gasteiger partial charge in [0, 0.05) is 5.69 Å². The van der Waals surface area contributed by atoms with Gasteiger partial charge in [-0.05, 0) is 31.4 Å². The first kappa shape index (κ1) is 14.8. The largest absolute Gasteiger partial charge is 0.324 e. The molecule has 1 aromatic carbocycles. The highest BCUT2D eigenvalue weighted by Gasteiger charge is 2.48. The van der Waals surface area contributed by atoms with E-state index in [0.717, 1.165) is 36.1 Å². The summed E-state index contributed by atoms with van der Waals surface area (Å²) in [5.74, 6) is -1.07. The number of carbonyl (C=O) groups excluding carboxylic acids is 3. The second-order valence-electron chi connectivity index (χ2n) is 6.12. The van der Waals surface area contributed by atoms with Crippen molar-refractivity contribution in [2.75, 3.05) is 11.9 Å². The Hall–Kier alpha value is -2.17. The molecule has 0 unspecified atom stereocenters. The summed E-state index contributed by atoms with van der Waals surface area (Å²) in [5.41, 5.74) is 1.66. The molecule has 0 spiro atoms. The lowest BCUT2D eigenvalue weighted by atomic mass is 9.81. The van der Waals surface area contributed by atoms with Crippen molar-refractivity contribution in [3.05, 3.63) is 29.8 Å². The molecule has 0 aromatic heterocycles. The predicted molar refractivity (Wildman–Crippen MR) is 82.0 cm³/mol. The molecule has 2 fully saturated rings. The van der Waals surface area contributed by atoms with Crippen LogP contribution in [0.5, 0.6) is 0 Å². The second-order valence-corrected chi connectivity index (χ2v) is 6.12. The van der Waals surface area contributed by atoms with E-state index in [2.05, 4.69) is 5.32 Å². The molecule has 2 atom stereocenters. The first-order chi connectivity index (χ1) is 10.6. The smallest absolute Gasteiger partial charge is 0.244 e. The number of rotatable bonds is 3. The van der Waals surface area contributed by atoms with E-state index in [1.807, 2.05) is 25.1 Å². The molecule has 116 valence electrons. The van der Waals surface area contributed by atoms with Crippen molar-refractivity contribution >= 4 is 23.4 Å². The van der Waals surface area contributed by atoms with E-state index in [-0.39, 0.29) is 36.1 Å². The number of benzene rings is 1.